The van der Waals surface area contributed by atoms with E-state index in [1.54, 1.807) is 12.1 Å². The van der Waals surface area contributed by atoms with Gasteiger partial charge in [-0.05, 0) is 42.4 Å². The minimum Gasteiger partial charge on any atom is -0.480 e. The van der Waals surface area contributed by atoms with Crippen molar-refractivity contribution in [3.63, 3.8) is 0 Å². The number of aliphatic carboxylic acids is 1. The van der Waals surface area contributed by atoms with Crippen LogP contribution in [-0.2, 0) is 14.0 Å². The number of carbonyl (C=O) groups is 3. The third-order valence-corrected chi connectivity index (χ3v) is 9.28. The topological polar surface area (TPSA) is 105 Å². The Morgan fingerprint density at radius 1 is 1.15 bits per heavy atom. The summed E-state index contributed by atoms with van der Waals surface area (Å²) in [7, 11) is -1.97. The predicted molar refractivity (Wildman–Crippen MR) is 107 cm³/mol. The van der Waals surface area contributed by atoms with Crippen LogP contribution in [0.2, 0.25) is 18.1 Å². The third-order valence-electron chi connectivity index (χ3n) is 4.75. The molecule has 1 atom stereocenters. The molecule has 0 heterocycles. The van der Waals surface area contributed by atoms with E-state index < -0.39 is 26.2 Å². The molecule has 0 aliphatic rings. The summed E-state index contributed by atoms with van der Waals surface area (Å²) < 4.78 is 6.00. The van der Waals surface area contributed by atoms with Crippen LogP contribution in [0.25, 0.3) is 0 Å². The normalized spacial score (nSPS) is 13.0. The third kappa shape index (κ3) is 7.14. The molecule has 0 unspecified atom stereocenters. The van der Waals surface area contributed by atoms with Crippen molar-refractivity contribution >= 4 is 31.8 Å². The van der Waals surface area contributed by atoms with Crippen molar-refractivity contribution in [1.82, 2.24) is 5.32 Å². The number of hydrogen-bond acceptors (Lipinski definition) is 4. The van der Waals surface area contributed by atoms with Crippen LogP contribution in [0.15, 0.2) is 24.3 Å². The van der Waals surface area contributed by atoms with Crippen molar-refractivity contribution in [2.24, 2.45) is 0 Å². The van der Waals surface area contributed by atoms with Gasteiger partial charge < -0.3 is 20.2 Å². The molecule has 27 heavy (non-hydrogen) atoms. The van der Waals surface area contributed by atoms with E-state index in [0.29, 0.717) is 11.3 Å². The van der Waals surface area contributed by atoms with Crippen LogP contribution in [0, 0.1) is 0 Å². The van der Waals surface area contributed by atoms with Gasteiger partial charge in [0.05, 0.1) is 0 Å². The number of carboxylic acid groups (broad SMARTS) is 1. The van der Waals surface area contributed by atoms with Crippen LogP contribution < -0.4 is 10.6 Å². The maximum Gasteiger partial charge on any atom is 0.326 e. The van der Waals surface area contributed by atoms with Gasteiger partial charge in [-0.25, -0.2) is 4.79 Å². The molecule has 0 saturated heterocycles. The van der Waals surface area contributed by atoms with Gasteiger partial charge in [-0.3, -0.25) is 9.59 Å². The van der Waals surface area contributed by atoms with Crippen molar-refractivity contribution in [1.29, 1.82) is 0 Å². The summed E-state index contributed by atoms with van der Waals surface area (Å²) in [6.45, 7) is 12.2. The molecule has 0 fully saturated rings. The fourth-order valence-electron chi connectivity index (χ4n) is 2.06. The van der Waals surface area contributed by atoms with Gasteiger partial charge >= 0.3 is 5.97 Å². The summed E-state index contributed by atoms with van der Waals surface area (Å²) >= 11 is 0. The second kappa shape index (κ2) is 9.14. The van der Waals surface area contributed by atoms with Crippen molar-refractivity contribution in [2.75, 3.05) is 11.9 Å². The minimum absolute atomic E-state index is 0.0324. The summed E-state index contributed by atoms with van der Waals surface area (Å²) in [5.41, 5.74) is 0.886. The first-order valence-corrected chi connectivity index (χ1v) is 11.8. The van der Waals surface area contributed by atoms with Gasteiger partial charge in [0.25, 0.3) is 5.91 Å². The van der Waals surface area contributed by atoms with E-state index in [0.717, 1.165) is 0 Å². The zero-order valence-electron chi connectivity index (χ0n) is 16.9. The van der Waals surface area contributed by atoms with Crippen LogP contribution in [-0.4, -0.2) is 43.9 Å². The number of carboxylic acids is 1. The average Bonchev–Trinajstić information content (AvgIpc) is 2.52. The van der Waals surface area contributed by atoms with Crippen LogP contribution in [0.3, 0.4) is 0 Å². The molecule has 0 spiro atoms. The van der Waals surface area contributed by atoms with Crippen LogP contribution >= 0.6 is 0 Å². The lowest BCUT2D eigenvalue weighted by Gasteiger charge is -2.36. The lowest BCUT2D eigenvalue weighted by Crippen LogP contribution is -2.44. The molecular formula is C19H30N2O5Si. The summed E-state index contributed by atoms with van der Waals surface area (Å²) in [6, 6.07) is 5.22. The van der Waals surface area contributed by atoms with E-state index >= 15 is 0 Å². The second-order valence-corrected chi connectivity index (χ2v) is 12.8. The average molecular weight is 395 g/mol. The number of amides is 2. The van der Waals surface area contributed by atoms with Crippen LogP contribution in [0.1, 0.15) is 44.5 Å². The zero-order valence-corrected chi connectivity index (χ0v) is 17.9. The first kappa shape index (κ1) is 22.8. The van der Waals surface area contributed by atoms with Crippen molar-refractivity contribution in [2.45, 2.75) is 58.3 Å². The summed E-state index contributed by atoms with van der Waals surface area (Å²) in [4.78, 5) is 34.8. The van der Waals surface area contributed by atoms with E-state index in [1.165, 1.54) is 19.1 Å². The molecule has 0 bridgehead atoms. The second-order valence-electron chi connectivity index (χ2n) is 8.02. The Balaban J connectivity index is 2.67. The lowest BCUT2D eigenvalue weighted by atomic mass is 10.1. The fourth-order valence-corrected chi connectivity index (χ4v) is 3.12. The number of anilines is 1. The van der Waals surface area contributed by atoms with Crippen molar-refractivity contribution in [3.05, 3.63) is 29.8 Å². The first-order valence-electron chi connectivity index (χ1n) is 8.89. The highest BCUT2D eigenvalue weighted by atomic mass is 28.4. The summed E-state index contributed by atoms with van der Waals surface area (Å²) in [6.07, 6.45) is 0.192. The van der Waals surface area contributed by atoms with Gasteiger partial charge in [0.15, 0.2) is 8.32 Å². The molecule has 0 saturated carbocycles. The predicted octanol–water partition coefficient (Wildman–Crippen LogP) is 3.24. The molecule has 150 valence electrons. The molecule has 7 nitrogen and oxygen atoms in total. The molecule has 1 rings (SSSR count). The molecule has 1 aromatic rings. The first-order chi connectivity index (χ1) is 12.3. The minimum atomic E-state index is -1.97. The highest BCUT2D eigenvalue weighted by Crippen LogP contribution is 2.36. The SMILES string of the molecule is CC(=O)Nc1ccc(C(=O)N[C@H](CCO[Si](C)(C)C(C)(C)C)C(=O)O)cc1. The molecular weight excluding hydrogens is 364 g/mol. The Kier molecular flexibility index (Phi) is 7.73. The Hall–Kier alpha value is -2.19. The van der Waals surface area contributed by atoms with Crippen LogP contribution in [0.4, 0.5) is 5.69 Å². The molecule has 0 aliphatic carbocycles. The maximum absolute atomic E-state index is 12.3. The standard InChI is InChI=1S/C19H30N2O5Si/c1-13(22)20-15-9-7-14(8-10-15)17(23)21-16(18(24)25)11-12-26-27(5,6)19(2,3)4/h7-10,16H,11-12H2,1-6H3,(H,20,22)(H,21,23)(H,24,25)/t16-/m1/s1. The number of benzene rings is 1. The van der Waals surface area contributed by atoms with Gasteiger partial charge in [-0.1, -0.05) is 20.8 Å². The van der Waals surface area contributed by atoms with Gasteiger partial charge in [-0.15, -0.1) is 0 Å². The summed E-state index contributed by atoms with van der Waals surface area (Å²) in [5.74, 6) is -1.79. The lowest BCUT2D eigenvalue weighted by molar-refractivity contribution is -0.139. The van der Waals surface area contributed by atoms with E-state index in [2.05, 4.69) is 44.5 Å². The Bertz CT molecular complexity index is 680. The Morgan fingerprint density at radius 3 is 2.15 bits per heavy atom. The molecule has 8 heteroatoms. The maximum atomic E-state index is 12.3. The van der Waals surface area contributed by atoms with Crippen molar-refractivity contribution < 1.29 is 23.9 Å². The molecule has 0 aliphatic heterocycles. The van der Waals surface area contributed by atoms with Crippen LogP contribution in [0.5, 0.6) is 0 Å². The largest absolute Gasteiger partial charge is 0.480 e. The quantitative estimate of drug-likeness (QED) is 0.587. The fraction of sp³-hybridized carbons (Fsp3) is 0.526. The highest BCUT2D eigenvalue weighted by molar-refractivity contribution is 6.74. The molecule has 3 N–H and O–H groups in total. The highest BCUT2D eigenvalue weighted by Gasteiger charge is 2.37. The number of rotatable bonds is 8. The van der Waals surface area contributed by atoms with Gasteiger partial charge in [-0.2, -0.15) is 0 Å². The number of nitrogens with one attached hydrogen (secondary N) is 2. The van der Waals surface area contributed by atoms with Crippen molar-refractivity contribution in [3.8, 4) is 0 Å². The van der Waals surface area contributed by atoms with E-state index in [-0.39, 0.29) is 24.0 Å². The van der Waals surface area contributed by atoms with E-state index in [4.69, 9.17) is 4.43 Å². The summed E-state index contributed by atoms with van der Waals surface area (Å²) in [5, 5.41) is 14.6. The van der Waals surface area contributed by atoms with Gasteiger partial charge in [0.2, 0.25) is 5.91 Å². The van der Waals surface area contributed by atoms with E-state index in [1.807, 2.05) is 0 Å². The monoisotopic (exact) mass is 394 g/mol. The smallest absolute Gasteiger partial charge is 0.326 e. The number of hydrogen-bond donors (Lipinski definition) is 3. The Labute approximate surface area is 161 Å². The van der Waals surface area contributed by atoms with Gasteiger partial charge in [0.1, 0.15) is 6.04 Å². The zero-order chi connectivity index (χ0) is 20.8. The molecule has 0 radical (unpaired) electrons. The molecule has 0 aromatic heterocycles. The molecule has 1 aromatic carbocycles. The Morgan fingerprint density at radius 2 is 1.70 bits per heavy atom. The van der Waals surface area contributed by atoms with E-state index in [9.17, 15) is 19.5 Å². The molecule has 2 amide bonds. The number of carbonyl (C=O) groups excluding carboxylic acids is 2. The van der Waals surface area contributed by atoms with Gasteiger partial charge in [0, 0.05) is 31.2 Å².